The molecule has 5 rings (SSSR count). The number of hydrogen-bond acceptors (Lipinski definition) is 7. The number of nitrogens with zero attached hydrogens (tertiary/aromatic N) is 6. The summed E-state index contributed by atoms with van der Waals surface area (Å²) in [6, 6.07) is 6.24. The van der Waals surface area contributed by atoms with E-state index in [0.717, 1.165) is 35.4 Å². The van der Waals surface area contributed by atoms with Gasteiger partial charge in [-0.3, -0.25) is 9.79 Å². The maximum absolute atomic E-state index is 12.8. The standard InChI is InChI=1S/C21H17Cl2IN6O2/c22-15-2-1-13(7-16(15)23)30-19(31)8-18(20(28-30)17-11-25-17)32-14-3-5-29(6-4-14)21-26-9-12(24)10-27-21/h1-2,7-11,14,17H,3-6H2. The van der Waals surface area contributed by atoms with E-state index in [1.54, 1.807) is 24.4 Å². The van der Waals surface area contributed by atoms with Gasteiger partial charge in [0.05, 0.1) is 15.7 Å². The van der Waals surface area contributed by atoms with Crippen LogP contribution >= 0.6 is 45.8 Å². The molecule has 0 N–H and O–H groups in total. The average molecular weight is 583 g/mol. The zero-order valence-corrected chi connectivity index (χ0v) is 20.3. The third-order valence-electron chi connectivity index (χ3n) is 5.27. The molecule has 1 atom stereocenters. The van der Waals surface area contributed by atoms with Crippen LogP contribution in [-0.2, 0) is 0 Å². The number of rotatable bonds is 5. The Balaban J connectivity index is 1.34. The van der Waals surface area contributed by atoms with Crippen LogP contribution in [0.2, 0.25) is 10.0 Å². The number of benzene rings is 1. The molecule has 0 amide bonds. The topological polar surface area (TPSA) is 85.5 Å². The second kappa shape index (κ2) is 8.95. The third kappa shape index (κ3) is 4.60. The van der Waals surface area contributed by atoms with Crippen molar-refractivity contribution in [3.63, 3.8) is 0 Å². The van der Waals surface area contributed by atoms with Crippen LogP contribution in [0.15, 0.2) is 46.4 Å². The molecule has 0 aliphatic carbocycles. The maximum Gasteiger partial charge on any atom is 0.275 e. The first-order valence-corrected chi connectivity index (χ1v) is 11.8. The Hall–Kier alpha value is -2.24. The molecule has 0 radical (unpaired) electrons. The lowest BCUT2D eigenvalue weighted by molar-refractivity contribution is 0.167. The van der Waals surface area contributed by atoms with Gasteiger partial charge in [-0.1, -0.05) is 23.2 Å². The van der Waals surface area contributed by atoms with Crippen molar-refractivity contribution >= 4 is 58.0 Å². The molecular weight excluding hydrogens is 566 g/mol. The highest BCUT2D eigenvalue weighted by Crippen LogP contribution is 2.32. The lowest BCUT2D eigenvalue weighted by Gasteiger charge is -2.32. The number of halogens is 3. The van der Waals surface area contributed by atoms with Gasteiger partial charge in [0.15, 0.2) is 5.75 Å². The Morgan fingerprint density at radius 1 is 1.06 bits per heavy atom. The van der Waals surface area contributed by atoms with E-state index < -0.39 is 0 Å². The molecule has 1 fully saturated rings. The second-order valence-electron chi connectivity index (χ2n) is 7.49. The van der Waals surface area contributed by atoms with Gasteiger partial charge in [-0.25, -0.2) is 9.97 Å². The predicted octanol–water partition coefficient (Wildman–Crippen LogP) is 4.11. The summed E-state index contributed by atoms with van der Waals surface area (Å²) in [5.41, 5.74) is 0.829. The average Bonchev–Trinajstić information content (AvgIpc) is 3.62. The first kappa shape index (κ1) is 21.6. The molecule has 0 saturated carbocycles. The van der Waals surface area contributed by atoms with Crippen molar-refractivity contribution in [2.24, 2.45) is 4.99 Å². The van der Waals surface area contributed by atoms with Gasteiger partial charge in [0.25, 0.3) is 5.56 Å². The first-order valence-electron chi connectivity index (χ1n) is 10.00. The second-order valence-corrected chi connectivity index (χ2v) is 9.55. The van der Waals surface area contributed by atoms with Gasteiger partial charge in [0.1, 0.15) is 17.8 Å². The van der Waals surface area contributed by atoms with Crippen molar-refractivity contribution in [3.05, 3.63) is 66.3 Å². The Kier molecular flexibility index (Phi) is 6.04. The fourth-order valence-corrected chi connectivity index (χ4v) is 4.13. The van der Waals surface area contributed by atoms with Crippen molar-refractivity contribution < 1.29 is 4.74 Å². The monoisotopic (exact) mass is 582 g/mol. The minimum Gasteiger partial charge on any atom is -0.488 e. The fourth-order valence-electron chi connectivity index (χ4n) is 3.56. The van der Waals surface area contributed by atoms with Crippen molar-refractivity contribution in [2.45, 2.75) is 25.0 Å². The van der Waals surface area contributed by atoms with Gasteiger partial charge in [-0.2, -0.15) is 9.78 Å². The van der Waals surface area contributed by atoms with E-state index in [1.807, 2.05) is 12.4 Å². The maximum atomic E-state index is 12.8. The van der Waals surface area contributed by atoms with Crippen LogP contribution < -0.4 is 15.2 Å². The van der Waals surface area contributed by atoms with Crippen LogP contribution in [0.4, 0.5) is 5.95 Å². The number of aromatic nitrogens is 4. The van der Waals surface area contributed by atoms with Crippen LogP contribution in [0, 0.1) is 3.57 Å². The van der Waals surface area contributed by atoms with Crippen molar-refractivity contribution in [3.8, 4) is 11.4 Å². The molecule has 32 heavy (non-hydrogen) atoms. The molecule has 1 aromatic carbocycles. The Bertz CT molecular complexity index is 1240. The Morgan fingerprint density at radius 2 is 1.78 bits per heavy atom. The van der Waals surface area contributed by atoms with Gasteiger partial charge in [0.2, 0.25) is 5.95 Å². The van der Waals surface area contributed by atoms with Crippen molar-refractivity contribution in [2.75, 3.05) is 18.0 Å². The van der Waals surface area contributed by atoms with Crippen LogP contribution in [-0.4, -0.2) is 45.2 Å². The summed E-state index contributed by atoms with van der Waals surface area (Å²) < 4.78 is 8.53. The summed E-state index contributed by atoms with van der Waals surface area (Å²) >= 11 is 14.3. The molecule has 164 valence electrons. The van der Waals surface area contributed by atoms with Gasteiger partial charge >= 0.3 is 0 Å². The molecule has 2 aliphatic rings. The quantitative estimate of drug-likeness (QED) is 0.421. The Morgan fingerprint density at radius 3 is 2.44 bits per heavy atom. The summed E-state index contributed by atoms with van der Waals surface area (Å²) in [6.07, 6.45) is 6.93. The predicted molar refractivity (Wildman–Crippen MR) is 132 cm³/mol. The number of anilines is 1. The molecule has 11 heteroatoms. The summed E-state index contributed by atoms with van der Waals surface area (Å²) in [6.45, 7) is 1.54. The summed E-state index contributed by atoms with van der Waals surface area (Å²) in [5, 5.41) is 5.30. The normalized spacial score (nSPS) is 18.1. The van der Waals surface area contributed by atoms with Crippen LogP contribution in [0.3, 0.4) is 0 Å². The van der Waals surface area contributed by atoms with Gasteiger partial charge in [0, 0.05) is 54.2 Å². The van der Waals surface area contributed by atoms with E-state index in [1.165, 1.54) is 10.7 Å². The van der Waals surface area contributed by atoms with E-state index in [4.69, 9.17) is 27.9 Å². The van der Waals surface area contributed by atoms with Crippen LogP contribution in [0.25, 0.3) is 5.69 Å². The number of ether oxygens (including phenoxy) is 1. The summed E-state index contributed by atoms with van der Waals surface area (Å²) in [4.78, 5) is 28.0. The van der Waals surface area contributed by atoms with E-state index in [-0.39, 0.29) is 17.7 Å². The largest absolute Gasteiger partial charge is 0.488 e. The number of aliphatic imine (C=N–C) groups is 1. The van der Waals surface area contributed by atoms with Gasteiger partial charge in [-0.15, -0.1) is 0 Å². The van der Waals surface area contributed by atoms with Crippen molar-refractivity contribution in [1.29, 1.82) is 0 Å². The molecular formula is C21H17Cl2IN6O2. The highest BCUT2D eigenvalue weighted by molar-refractivity contribution is 14.1. The van der Waals surface area contributed by atoms with Crippen LogP contribution in [0.5, 0.6) is 5.75 Å². The highest BCUT2D eigenvalue weighted by Gasteiger charge is 2.28. The lowest BCUT2D eigenvalue weighted by atomic mass is 10.1. The number of hydrogen-bond donors (Lipinski definition) is 0. The van der Waals surface area contributed by atoms with Gasteiger partial charge < -0.3 is 9.64 Å². The zero-order valence-electron chi connectivity index (χ0n) is 16.7. The molecule has 2 aliphatic heterocycles. The molecule has 4 heterocycles. The summed E-state index contributed by atoms with van der Waals surface area (Å²) in [5.74, 6) is 1.19. The molecule has 1 saturated heterocycles. The van der Waals surface area contributed by atoms with E-state index >= 15 is 0 Å². The molecule has 2 aromatic heterocycles. The number of piperidine rings is 1. The third-order valence-corrected chi connectivity index (χ3v) is 6.57. The minimum absolute atomic E-state index is 0.0328. The molecule has 0 spiro atoms. The SMILES string of the molecule is O=c1cc(OC2CCN(c3ncc(I)cn3)CC2)c(C2C=N2)nn1-c1ccc(Cl)c(Cl)c1. The fraction of sp³-hybridized carbons (Fsp3) is 0.286. The first-order chi connectivity index (χ1) is 15.5. The molecule has 1 unspecified atom stereocenters. The highest BCUT2D eigenvalue weighted by atomic mass is 127. The molecule has 0 bridgehead atoms. The van der Waals surface area contributed by atoms with Crippen molar-refractivity contribution in [1.82, 2.24) is 19.7 Å². The molecule has 8 nitrogen and oxygen atoms in total. The van der Waals surface area contributed by atoms with E-state index in [9.17, 15) is 4.79 Å². The Labute approximate surface area is 207 Å². The van der Waals surface area contributed by atoms with E-state index in [2.05, 4.69) is 47.5 Å². The van der Waals surface area contributed by atoms with E-state index in [0.29, 0.717) is 27.2 Å². The molecule has 3 aromatic rings. The summed E-state index contributed by atoms with van der Waals surface area (Å²) in [7, 11) is 0. The zero-order chi connectivity index (χ0) is 22.2. The van der Waals surface area contributed by atoms with Crippen LogP contribution in [0.1, 0.15) is 24.6 Å². The minimum atomic E-state index is -0.312. The van der Waals surface area contributed by atoms with Gasteiger partial charge in [-0.05, 0) is 40.8 Å². The lowest BCUT2D eigenvalue weighted by Crippen LogP contribution is -2.39. The smallest absolute Gasteiger partial charge is 0.275 e.